The van der Waals surface area contributed by atoms with E-state index in [0.717, 1.165) is 32.1 Å². The van der Waals surface area contributed by atoms with Crippen molar-refractivity contribution in [3.8, 4) is 0 Å². The predicted octanol–water partition coefficient (Wildman–Crippen LogP) is 1.15. The average molecular weight is 271 g/mol. The normalized spacial score (nSPS) is 24.6. The largest absolute Gasteiger partial charge is 0.480 e. The van der Waals surface area contributed by atoms with Gasteiger partial charge in [-0.1, -0.05) is 19.8 Å². The average Bonchev–Trinajstić information content (AvgIpc) is 2.37. The molecule has 19 heavy (non-hydrogen) atoms. The Bertz CT molecular complexity index is 322. The maximum atomic E-state index is 12.2. The number of nitrogens with zero attached hydrogens (tertiary/aromatic N) is 1. The summed E-state index contributed by atoms with van der Waals surface area (Å²) < 4.78 is 0. The molecule has 110 valence electrons. The van der Waals surface area contributed by atoms with Crippen LogP contribution in [0.3, 0.4) is 0 Å². The molecule has 0 aromatic rings. The molecule has 0 aliphatic heterocycles. The fraction of sp³-hybridized carbons (Fsp3) is 0.846. The lowest BCUT2D eigenvalue weighted by Gasteiger charge is -2.33. The molecule has 0 heterocycles. The lowest BCUT2D eigenvalue weighted by molar-refractivity contribution is -0.138. The van der Waals surface area contributed by atoms with Crippen LogP contribution in [0.1, 0.15) is 46.0 Å². The molecule has 0 radical (unpaired) electrons. The van der Waals surface area contributed by atoms with E-state index >= 15 is 0 Å². The van der Waals surface area contributed by atoms with Gasteiger partial charge in [-0.2, -0.15) is 0 Å². The third-order valence-electron chi connectivity index (χ3n) is 3.82. The number of rotatable bonds is 5. The summed E-state index contributed by atoms with van der Waals surface area (Å²) >= 11 is 0. The maximum absolute atomic E-state index is 12.2. The van der Waals surface area contributed by atoms with Crippen LogP contribution in [0.15, 0.2) is 0 Å². The standard InChI is InChI=1S/C13H25N3O3/c1-3-9(2)16(8-12(17)18)13(19)15-11-7-5-4-6-10(11)14/h9-11H,3-8,14H2,1-2H3,(H,15,19)(H,17,18). The van der Waals surface area contributed by atoms with Crippen LogP contribution in [0.25, 0.3) is 0 Å². The number of amides is 2. The number of nitrogens with one attached hydrogen (secondary N) is 1. The Morgan fingerprint density at radius 1 is 1.42 bits per heavy atom. The van der Waals surface area contributed by atoms with Crippen molar-refractivity contribution < 1.29 is 14.7 Å². The van der Waals surface area contributed by atoms with E-state index in [2.05, 4.69) is 5.32 Å². The van der Waals surface area contributed by atoms with Gasteiger partial charge in [-0.3, -0.25) is 4.79 Å². The molecule has 3 atom stereocenters. The molecule has 6 nitrogen and oxygen atoms in total. The van der Waals surface area contributed by atoms with Gasteiger partial charge in [0.1, 0.15) is 6.54 Å². The summed E-state index contributed by atoms with van der Waals surface area (Å²) in [6.07, 6.45) is 4.65. The SMILES string of the molecule is CCC(C)N(CC(=O)O)C(=O)NC1CCCCC1N. The fourth-order valence-electron chi connectivity index (χ4n) is 2.37. The topological polar surface area (TPSA) is 95.7 Å². The number of carbonyl (C=O) groups is 2. The summed E-state index contributed by atoms with van der Waals surface area (Å²) in [5, 5.41) is 11.8. The number of hydrogen-bond donors (Lipinski definition) is 3. The number of aliphatic carboxylic acids is 1. The number of carbonyl (C=O) groups excluding carboxylic acids is 1. The summed E-state index contributed by atoms with van der Waals surface area (Å²) in [6, 6.07) is -0.488. The van der Waals surface area contributed by atoms with Crippen molar-refractivity contribution >= 4 is 12.0 Å². The minimum absolute atomic E-state index is 0.0266. The zero-order valence-electron chi connectivity index (χ0n) is 11.8. The van der Waals surface area contributed by atoms with Gasteiger partial charge in [0.2, 0.25) is 0 Å². The quantitative estimate of drug-likeness (QED) is 0.699. The molecule has 0 bridgehead atoms. The van der Waals surface area contributed by atoms with Crippen molar-refractivity contribution in [2.45, 2.75) is 64.1 Å². The highest BCUT2D eigenvalue weighted by atomic mass is 16.4. The van der Waals surface area contributed by atoms with E-state index in [0.29, 0.717) is 0 Å². The van der Waals surface area contributed by atoms with E-state index in [-0.39, 0.29) is 30.7 Å². The first-order valence-corrected chi connectivity index (χ1v) is 7.00. The molecule has 6 heteroatoms. The minimum atomic E-state index is -0.997. The second-order valence-electron chi connectivity index (χ2n) is 5.28. The first-order valence-electron chi connectivity index (χ1n) is 7.00. The summed E-state index contributed by atoms with van der Waals surface area (Å²) in [7, 11) is 0. The molecule has 4 N–H and O–H groups in total. The Morgan fingerprint density at radius 2 is 2.05 bits per heavy atom. The van der Waals surface area contributed by atoms with Crippen LogP contribution in [0.2, 0.25) is 0 Å². The second-order valence-corrected chi connectivity index (χ2v) is 5.28. The van der Waals surface area contributed by atoms with Gasteiger partial charge in [0.25, 0.3) is 0 Å². The van der Waals surface area contributed by atoms with E-state index in [1.807, 2.05) is 13.8 Å². The number of carboxylic acids is 1. The molecule has 0 aromatic carbocycles. The molecule has 1 fully saturated rings. The van der Waals surface area contributed by atoms with Crippen molar-refractivity contribution in [1.82, 2.24) is 10.2 Å². The van der Waals surface area contributed by atoms with E-state index in [4.69, 9.17) is 10.8 Å². The highest BCUT2D eigenvalue weighted by molar-refractivity contribution is 5.80. The summed E-state index contributed by atoms with van der Waals surface area (Å²) in [6.45, 7) is 3.51. The Labute approximate surface area is 114 Å². The molecule has 1 rings (SSSR count). The van der Waals surface area contributed by atoms with Gasteiger partial charge in [-0.25, -0.2) is 4.79 Å². The Hall–Kier alpha value is -1.30. The number of urea groups is 1. The van der Waals surface area contributed by atoms with Gasteiger partial charge in [0.15, 0.2) is 0 Å². The van der Waals surface area contributed by atoms with Crippen molar-refractivity contribution in [2.24, 2.45) is 5.73 Å². The van der Waals surface area contributed by atoms with Gasteiger partial charge < -0.3 is 21.1 Å². The molecule has 0 saturated heterocycles. The molecular formula is C13H25N3O3. The van der Waals surface area contributed by atoms with Gasteiger partial charge >= 0.3 is 12.0 Å². The van der Waals surface area contributed by atoms with Crippen LogP contribution in [0.5, 0.6) is 0 Å². The summed E-state index contributed by atoms with van der Waals surface area (Å²) in [4.78, 5) is 24.4. The summed E-state index contributed by atoms with van der Waals surface area (Å²) in [5.41, 5.74) is 5.99. The van der Waals surface area contributed by atoms with E-state index < -0.39 is 5.97 Å². The first-order chi connectivity index (χ1) is 8.95. The lowest BCUT2D eigenvalue weighted by atomic mass is 9.91. The Kier molecular flexibility index (Phi) is 6.08. The van der Waals surface area contributed by atoms with Crippen LogP contribution in [-0.2, 0) is 4.79 Å². The van der Waals surface area contributed by atoms with Crippen LogP contribution in [0.4, 0.5) is 4.79 Å². The second kappa shape index (κ2) is 7.33. The van der Waals surface area contributed by atoms with Crippen LogP contribution in [-0.4, -0.2) is 46.7 Å². The minimum Gasteiger partial charge on any atom is -0.480 e. The van der Waals surface area contributed by atoms with Crippen LogP contribution in [0, 0.1) is 0 Å². The zero-order chi connectivity index (χ0) is 14.4. The number of carboxylic acid groups (broad SMARTS) is 1. The van der Waals surface area contributed by atoms with Gasteiger partial charge in [0, 0.05) is 18.1 Å². The van der Waals surface area contributed by atoms with Gasteiger partial charge in [-0.15, -0.1) is 0 Å². The van der Waals surface area contributed by atoms with Gasteiger partial charge in [-0.05, 0) is 26.2 Å². The maximum Gasteiger partial charge on any atom is 0.323 e. The number of hydrogen-bond acceptors (Lipinski definition) is 3. The molecule has 1 aliphatic rings. The highest BCUT2D eigenvalue weighted by Gasteiger charge is 2.27. The van der Waals surface area contributed by atoms with E-state index in [1.54, 1.807) is 0 Å². The smallest absolute Gasteiger partial charge is 0.323 e. The Morgan fingerprint density at radius 3 is 2.58 bits per heavy atom. The number of nitrogens with two attached hydrogens (primary N) is 1. The van der Waals surface area contributed by atoms with Crippen LogP contribution >= 0.6 is 0 Å². The molecular weight excluding hydrogens is 246 g/mol. The van der Waals surface area contributed by atoms with E-state index in [9.17, 15) is 9.59 Å². The third-order valence-corrected chi connectivity index (χ3v) is 3.82. The predicted molar refractivity (Wildman–Crippen MR) is 72.9 cm³/mol. The molecule has 1 aliphatic carbocycles. The van der Waals surface area contributed by atoms with Crippen molar-refractivity contribution in [3.63, 3.8) is 0 Å². The fourth-order valence-corrected chi connectivity index (χ4v) is 2.37. The highest BCUT2D eigenvalue weighted by Crippen LogP contribution is 2.17. The monoisotopic (exact) mass is 271 g/mol. The van der Waals surface area contributed by atoms with E-state index in [1.165, 1.54) is 4.90 Å². The third kappa shape index (κ3) is 4.70. The van der Waals surface area contributed by atoms with Crippen molar-refractivity contribution in [3.05, 3.63) is 0 Å². The van der Waals surface area contributed by atoms with Crippen molar-refractivity contribution in [1.29, 1.82) is 0 Å². The zero-order valence-corrected chi connectivity index (χ0v) is 11.8. The molecule has 0 aromatic heterocycles. The molecule has 0 spiro atoms. The molecule has 1 saturated carbocycles. The first kappa shape index (κ1) is 15.8. The van der Waals surface area contributed by atoms with Crippen LogP contribution < -0.4 is 11.1 Å². The lowest BCUT2D eigenvalue weighted by Crippen LogP contribution is -2.55. The summed E-state index contributed by atoms with van der Waals surface area (Å²) in [5.74, 6) is -0.997. The Balaban J connectivity index is 2.62. The molecule has 3 unspecified atom stereocenters. The molecule has 2 amide bonds. The van der Waals surface area contributed by atoms with Crippen molar-refractivity contribution in [2.75, 3.05) is 6.54 Å². The van der Waals surface area contributed by atoms with Gasteiger partial charge in [0.05, 0.1) is 0 Å².